The van der Waals surface area contributed by atoms with Gasteiger partial charge < -0.3 is 10.2 Å². The summed E-state index contributed by atoms with van der Waals surface area (Å²) >= 11 is 0. The van der Waals surface area contributed by atoms with Crippen LogP contribution in [-0.2, 0) is 0 Å². The first-order valence-corrected chi connectivity index (χ1v) is 6.50. The Morgan fingerprint density at radius 3 is 2.53 bits per heavy atom. The van der Waals surface area contributed by atoms with Crippen molar-refractivity contribution < 1.29 is 0 Å². The molecule has 0 unspecified atom stereocenters. The van der Waals surface area contributed by atoms with E-state index >= 15 is 0 Å². The summed E-state index contributed by atoms with van der Waals surface area (Å²) in [4.78, 5) is 11.0. The van der Waals surface area contributed by atoms with Gasteiger partial charge in [-0.25, -0.2) is 4.98 Å². The molecule has 0 saturated heterocycles. The van der Waals surface area contributed by atoms with Crippen molar-refractivity contribution in [3.63, 3.8) is 0 Å². The van der Waals surface area contributed by atoms with Gasteiger partial charge in [0.2, 0.25) is 5.95 Å². The van der Waals surface area contributed by atoms with Gasteiger partial charge >= 0.3 is 0 Å². The smallest absolute Gasteiger partial charge is 0.224 e. The van der Waals surface area contributed by atoms with Crippen molar-refractivity contribution in [3.8, 4) is 0 Å². The minimum Gasteiger partial charge on any atom is -0.357 e. The molecule has 1 N–H and O–H groups in total. The van der Waals surface area contributed by atoms with Gasteiger partial charge in [0, 0.05) is 26.3 Å². The quantitative estimate of drug-likeness (QED) is 0.790. The van der Waals surface area contributed by atoms with E-state index in [0.717, 1.165) is 24.8 Å². The molecule has 0 fully saturated rings. The fraction of sp³-hybridized carbons (Fsp3) is 0.692. The summed E-state index contributed by atoms with van der Waals surface area (Å²) in [5, 5.41) is 2.98. The number of rotatable bonds is 7. The van der Waals surface area contributed by atoms with Gasteiger partial charge in [0.05, 0.1) is 0 Å². The van der Waals surface area contributed by atoms with Crippen LogP contribution in [-0.4, -0.2) is 30.1 Å². The first-order chi connectivity index (χ1) is 8.24. The second kappa shape index (κ2) is 7.09. The predicted octanol–water partition coefficient (Wildman–Crippen LogP) is 2.78. The van der Waals surface area contributed by atoms with Gasteiger partial charge in [0.25, 0.3) is 0 Å². The number of aromatic nitrogens is 2. The molecule has 0 saturated carbocycles. The fourth-order valence-corrected chi connectivity index (χ4v) is 1.89. The van der Waals surface area contributed by atoms with Crippen molar-refractivity contribution >= 4 is 11.8 Å². The monoisotopic (exact) mass is 236 g/mol. The zero-order valence-corrected chi connectivity index (χ0v) is 11.4. The molecule has 1 aromatic heterocycles. The van der Waals surface area contributed by atoms with E-state index in [-0.39, 0.29) is 0 Å². The Labute approximate surface area is 104 Å². The Bertz CT molecular complexity index is 323. The van der Waals surface area contributed by atoms with E-state index < -0.39 is 0 Å². The molecule has 0 bridgehead atoms. The lowest BCUT2D eigenvalue weighted by Gasteiger charge is -2.26. The van der Waals surface area contributed by atoms with Gasteiger partial charge in [-0.2, -0.15) is 4.98 Å². The minimum absolute atomic E-state index is 0.686. The molecule has 17 heavy (non-hydrogen) atoms. The third-order valence-electron chi connectivity index (χ3n) is 3.20. The van der Waals surface area contributed by atoms with Gasteiger partial charge in [-0.1, -0.05) is 26.7 Å². The van der Waals surface area contributed by atoms with Crippen molar-refractivity contribution in [2.45, 2.75) is 33.6 Å². The molecule has 4 nitrogen and oxygen atoms in total. The van der Waals surface area contributed by atoms with Gasteiger partial charge in [-0.3, -0.25) is 0 Å². The molecule has 0 aliphatic carbocycles. The van der Waals surface area contributed by atoms with Crippen LogP contribution in [0.3, 0.4) is 0 Å². The van der Waals surface area contributed by atoms with Crippen LogP contribution in [0.1, 0.15) is 33.6 Å². The van der Waals surface area contributed by atoms with Gasteiger partial charge in [0.15, 0.2) is 0 Å². The van der Waals surface area contributed by atoms with Crippen LogP contribution in [0.2, 0.25) is 0 Å². The van der Waals surface area contributed by atoms with Crippen LogP contribution in [0, 0.1) is 5.92 Å². The second-order valence-corrected chi connectivity index (χ2v) is 4.21. The summed E-state index contributed by atoms with van der Waals surface area (Å²) in [6.45, 7) is 8.73. The van der Waals surface area contributed by atoms with Crippen LogP contribution < -0.4 is 10.2 Å². The Morgan fingerprint density at radius 1 is 1.29 bits per heavy atom. The van der Waals surface area contributed by atoms with Crippen molar-refractivity contribution in [2.75, 3.05) is 30.4 Å². The maximum Gasteiger partial charge on any atom is 0.224 e. The number of anilines is 2. The van der Waals surface area contributed by atoms with E-state index in [4.69, 9.17) is 0 Å². The van der Waals surface area contributed by atoms with Crippen molar-refractivity contribution in [1.82, 2.24) is 9.97 Å². The second-order valence-electron chi connectivity index (χ2n) is 4.21. The number of nitrogens with one attached hydrogen (secondary N) is 1. The zero-order chi connectivity index (χ0) is 12.7. The Morgan fingerprint density at radius 2 is 2.00 bits per heavy atom. The predicted molar refractivity (Wildman–Crippen MR) is 73.5 cm³/mol. The SMILES string of the molecule is CCC(CC)CN(CC)c1ccnc(NC)n1. The Balaban J connectivity index is 2.77. The standard InChI is InChI=1S/C13H24N4/c1-5-11(6-2)10-17(7-3)12-8-9-15-13(14-4)16-12/h8-9,11H,5-7,10H2,1-4H3,(H,14,15,16). The van der Waals surface area contributed by atoms with E-state index in [1.807, 2.05) is 19.3 Å². The van der Waals surface area contributed by atoms with Crippen LogP contribution >= 0.6 is 0 Å². The van der Waals surface area contributed by atoms with Gasteiger partial charge in [-0.15, -0.1) is 0 Å². The zero-order valence-electron chi connectivity index (χ0n) is 11.4. The molecule has 0 amide bonds. The fourth-order valence-electron chi connectivity index (χ4n) is 1.89. The molecule has 1 aromatic rings. The summed E-state index contributed by atoms with van der Waals surface area (Å²) in [7, 11) is 1.84. The van der Waals surface area contributed by atoms with Crippen molar-refractivity contribution in [2.24, 2.45) is 5.92 Å². The average molecular weight is 236 g/mol. The molecule has 1 rings (SSSR count). The van der Waals surface area contributed by atoms with E-state index in [1.165, 1.54) is 12.8 Å². The molecule has 4 heteroatoms. The topological polar surface area (TPSA) is 41.1 Å². The van der Waals surface area contributed by atoms with Crippen LogP contribution in [0.25, 0.3) is 0 Å². The molecule has 0 aliphatic heterocycles. The third kappa shape index (κ3) is 3.88. The summed E-state index contributed by atoms with van der Waals surface area (Å²) in [5.41, 5.74) is 0. The maximum atomic E-state index is 4.49. The lowest BCUT2D eigenvalue weighted by atomic mass is 10.0. The number of nitrogens with zero attached hydrogens (tertiary/aromatic N) is 3. The number of hydrogen-bond acceptors (Lipinski definition) is 4. The summed E-state index contributed by atoms with van der Waals surface area (Å²) < 4.78 is 0. The van der Waals surface area contributed by atoms with E-state index in [9.17, 15) is 0 Å². The largest absolute Gasteiger partial charge is 0.357 e. The summed E-state index contributed by atoms with van der Waals surface area (Å²) in [6, 6.07) is 1.98. The first kappa shape index (κ1) is 13.7. The Hall–Kier alpha value is -1.32. The molecular weight excluding hydrogens is 212 g/mol. The highest BCUT2D eigenvalue weighted by Crippen LogP contribution is 2.16. The lowest BCUT2D eigenvalue weighted by Crippen LogP contribution is -2.29. The average Bonchev–Trinajstić information content (AvgIpc) is 2.40. The van der Waals surface area contributed by atoms with Crippen molar-refractivity contribution in [1.29, 1.82) is 0 Å². The summed E-state index contributed by atoms with van der Waals surface area (Å²) in [6.07, 6.45) is 4.25. The highest BCUT2D eigenvalue weighted by atomic mass is 15.2. The van der Waals surface area contributed by atoms with Crippen molar-refractivity contribution in [3.05, 3.63) is 12.3 Å². The molecule has 96 valence electrons. The molecule has 0 aliphatic rings. The number of hydrogen-bond donors (Lipinski definition) is 1. The molecule has 0 spiro atoms. The molecule has 0 aromatic carbocycles. The molecular formula is C13H24N4. The van der Waals surface area contributed by atoms with Crippen LogP contribution in [0.4, 0.5) is 11.8 Å². The van der Waals surface area contributed by atoms with Gasteiger partial charge in [-0.05, 0) is 18.9 Å². The highest BCUT2D eigenvalue weighted by Gasteiger charge is 2.12. The maximum absolute atomic E-state index is 4.49. The minimum atomic E-state index is 0.686. The highest BCUT2D eigenvalue weighted by molar-refractivity contribution is 5.42. The summed E-state index contributed by atoms with van der Waals surface area (Å²) in [5.74, 6) is 2.44. The van der Waals surface area contributed by atoms with Crippen LogP contribution in [0.5, 0.6) is 0 Å². The molecule has 0 atom stereocenters. The van der Waals surface area contributed by atoms with Gasteiger partial charge in [0.1, 0.15) is 5.82 Å². The molecule has 1 heterocycles. The van der Waals surface area contributed by atoms with E-state index in [2.05, 4.69) is 41.0 Å². The van der Waals surface area contributed by atoms with E-state index in [1.54, 1.807) is 0 Å². The first-order valence-electron chi connectivity index (χ1n) is 6.50. The lowest BCUT2D eigenvalue weighted by molar-refractivity contribution is 0.484. The normalized spacial score (nSPS) is 10.6. The van der Waals surface area contributed by atoms with Crippen LogP contribution in [0.15, 0.2) is 12.3 Å². The molecule has 0 radical (unpaired) electrons. The van der Waals surface area contributed by atoms with E-state index in [0.29, 0.717) is 5.95 Å². The third-order valence-corrected chi connectivity index (χ3v) is 3.20. The Kier molecular flexibility index (Phi) is 5.73.